The summed E-state index contributed by atoms with van der Waals surface area (Å²) in [6.45, 7) is 4.21. The molecule has 0 unspecified atom stereocenters. The number of nitrogens with one attached hydrogen (secondary N) is 1. The SMILES string of the molecule is CCCNCCc1nnc(-c2cc(Br)c(Br)s2)s1. The third-order valence-electron chi connectivity index (χ3n) is 2.27. The molecule has 0 aliphatic heterocycles. The van der Waals surface area contributed by atoms with Crippen molar-refractivity contribution in [3.05, 3.63) is 19.3 Å². The molecule has 2 rings (SSSR count). The van der Waals surface area contributed by atoms with E-state index < -0.39 is 0 Å². The first kappa shape index (κ1) is 14.6. The van der Waals surface area contributed by atoms with E-state index >= 15 is 0 Å². The maximum absolute atomic E-state index is 4.25. The highest BCUT2D eigenvalue weighted by atomic mass is 79.9. The highest BCUT2D eigenvalue weighted by Crippen LogP contribution is 2.39. The third kappa shape index (κ3) is 3.84. The van der Waals surface area contributed by atoms with E-state index in [0.29, 0.717) is 0 Å². The van der Waals surface area contributed by atoms with Crippen LogP contribution in [-0.4, -0.2) is 23.3 Å². The predicted octanol–water partition coefficient (Wildman–Crippen LogP) is 4.33. The Morgan fingerprint density at radius 2 is 2.06 bits per heavy atom. The van der Waals surface area contributed by atoms with Gasteiger partial charge in [0.15, 0.2) is 5.01 Å². The minimum atomic E-state index is 0.950. The lowest BCUT2D eigenvalue weighted by Gasteiger charge is -1.98. The van der Waals surface area contributed by atoms with Gasteiger partial charge in [-0.15, -0.1) is 21.5 Å². The predicted molar refractivity (Wildman–Crippen MR) is 85.5 cm³/mol. The number of rotatable bonds is 6. The van der Waals surface area contributed by atoms with E-state index in [1.165, 1.54) is 6.42 Å². The van der Waals surface area contributed by atoms with Crippen molar-refractivity contribution < 1.29 is 0 Å². The fourth-order valence-corrected chi connectivity index (χ4v) is 4.32. The fourth-order valence-electron chi connectivity index (χ4n) is 1.40. The third-order valence-corrected chi connectivity index (χ3v) is 6.67. The molecule has 2 aromatic rings. The van der Waals surface area contributed by atoms with Gasteiger partial charge in [0, 0.05) is 17.4 Å². The van der Waals surface area contributed by atoms with Gasteiger partial charge in [-0.2, -0.15) is 0 Å². The van der Waals surface area contributed by atoms with Gasteiger partial charge in [-0.25, -0.2) is 0 Å². The van der Waals surface area contributed by atoms with Crippen LogP contribution in [0.3, 0.4) is 0 Å². The standard InChI is InChI=1S/C11H13Br2N3S2/c1-2-4-14-5-3-9-15-16-11(18-9)8-6-7(12)10(13)17-8/h6,14H,2-5H2,1H3. The van der Waals surface area contributed by atoms with Crippen LogP contribution in [0.15, 0.2) is 14.3 Å². The Morgan fingerprint density at radius 3 is 2.72 bits per heavy atom. The molecule has 1 N–H and O–H groups in total. The van der Waals surface area contributed by atoms with Crippen LogP contribution in [0.2, 0.25) is 0 Å². The molecule has 2 aromatic heterocycles. The second-order valence-electron chi connectivity index (χ2n) is 3.73. The largest absolute Gasteiger partial charge is 0.316 e. The average Bonchev–Trinajstić information content (AvgIpc) is 2.93. The van der Waals surface area contributed by atoms with Gasteiger partial charge in [0.1, 0.15) is 5.01 Å². The number of hydrogen-bond donors (Lipinski definition) is 1. The van der Waals surface area contributed by atoms with Gasteiger partial charge >= 0.3 is 0 Å². The number of thiophene rings is 1. The quantitative estimate of drug-likeness (QED) is 0.720. The first-order chi connectivity index (χ1) is 8.70. The molecule has 98 valence electrons. The lowest BCUT2D eigenvalue weighted by atomic mass is 10.4. The van der Waals surface area contributed by atoms with Crippen molar-refractivity contribution in [2.24, 2.45) is 0 Å². The minimum absolute atomic E-state index is 0.950. The lowest BCUT2D eigenvalue weighted by Crippen LogP contribution is -2.17. The lowest BCUT2D eigenvalue weighted by molar-refractivity contribution is 0.668. The van der Waals surface area contributed by atoms with Crippen LogP contribution in [-0.2, 0) is 6.42 Å². The molecule has 0 amide bonds. The number of halogens is 2. The van der Waals surface area contributed by atoms with E-state index in [9.17, 15) is 0 Å². The maximum atomic E-state index is 4.25. The normalized spacial score (nSPS) is 11.1. The van der Waals surface area contributed by atoms with Crippen LogP contribution in [0.25, 0.3) is 9.88 Å². The molecular formula is C11H13Br2N3S2. The Kier molecular flexibility index (Phi) is 5.75. The van der Waals surface area contributed by atoms with Crippen molar-refractivity contribution in [3.8, 4) is 9.88 Å². The van der Waals surface area contributed by atoms with E-state index in [0.717, 1.165) is 42.7 Å². The van der Waals surface area contributed by atoms with E-state index in [4.69, 9.17) is 0 Å². The van der Waals surface area contributed by atoms with E-state index in [1.807, 2.05) is 0 Å². The molecule has 2 heterocycles. The van der Waals surface area contributed by atoms with Crippen molar-refractivity contribution >= 4 is 54.5 Å². The smallest absolute Gasteiger partial charge is 0.157 e. The molecule has 0 fully saturated rings. The van der Waals surface area contributed by atoms with Crippen molar-refractivity contribution in [3.63, 3.8) is 0 Å². The summed E-state index contributed by atoms with van der Waals surface area (Å²) in [5.41, 5.74) is 0. The summed E-state index contributed by atoms with van der Waals surface area (Å²) >= 11 is 10.3. The van der Waals surface area contributed by atoms with E-state index in [-0.39, 0.29) is 0 Å². The number of nitrogens with zero attached hydrogens (tertiary/aromatic N) is 2. The maximum Gasteiger partial charge on any atom is 0.157 e. The van der Waals surface area contributed by atoms with Crippen LogP contribution < -0.4 is 5.32 Å². The molecule has 0 aliphatic carbocycles. The van der Waals surface area contributed by atoms with Crippen molar-refractivity contribution in [2.75, 3.05) is 13.1 Å². The minimum Gasteiger partial charge on any atom is -0.316 e. The molecular weight excluding hydrogens is 398 g/mol. The monoisotopic (exact) mass is 409 g/mol. The van der Waals surface area contributed by atoms with Crippen LogP contribution >= 0.6 is 54.5 Å². The molecule has 0 atom stereocenters. The molecule has 7 heteroatoms. The van der Waals surface area contributed by atoms with Gasteiger partial charge in [0.05, 0.1) is 8.66 Å². The van der Waals surface area contributed by atoms with Gasteiger partial charge < -0.3 is 5.32 Å². The molecule has 0 aliphatic rings. The number of aromatic nitrogens is 2. The van der Waals surface area contributed by atoms with Crippen molar-refractivity contribution in [1.82, 2.24) is 15.5 Å². The topological polar surface area (TPSA) is 37.8 Å². The van der Waals surface area contributed by atoms with E-state index in [1.54, 1.807) is 22.7 Å². The molecule has 0 saturated heterocycles. The van der Waals surface area contributed by atoms with Gasteiger partial charge in [0.25, 0.3) is 0 Å². The van der Waals surface area contributed by atoms with Crippen LogP contribution in [0.1, 0.15) is 18.4 Å². The van der Waals surface area contributed by atoms with Gasteiger partial charge in [-0.05, 0) is 50.9 Å². The first-order valence-corrected chi connectivity index (χ1v) is 8.91. The molecule has 0 bridgehead atoms. The van der Waals surface area contributed by atoms with Crippen LogP contribution in [0, 0.1) is 0 Å². The average molecular weight is 411 g/mol. The van der Waals surface area contributed by atoms with E-state index in [2.05, 4.69) is 60.4 Å². The van der Waals surface area contributed by atoms with Gasteiger partial charge in [-0.3, -0.25) is 0 Å². The Morgan fingerprint density at radius 1 is 1.22 bits per heavy atom. The Labute approximate surface area is 131 Å². The molecule has 18 heavy (non-hydrogen) atoms. The molecule has 0 saturated carbocycles. The van der Waals surface area contributed by atoms with Crippen molar-refractivity contribution in [2.45, 2.75) is 19.8 Å². The second kappa shape index (κ2) is 7.09. The number of hydrogen-bond acceptors (Lipinski definition) is 5. The zero-order valence-electron chi connectivity index (χ0n) is 9.87. The fraction of sp³-hybridized carbons (Fsp3) is 0.455. The summed E-state index contributed by atoms with van der Waals surface area (Å²) in [6, 6.07) is 2.08. The Bertz CT molecular complexity index is 491. The molecule has 3 nitrogen and oxygen atoms in total. The molecule has 0 spiro atoms. The highest BCUT2D eigenvalue weighted by Gasteiger charge is 2.11. The van der Waals surface area contributed by atoms with Crippen LogP contribution in [0.4, 0.5) is 0 Å². The Hall–Kier alpha value is 0.180. The summed E-state index contributed by atoms with van der Waals surface area (Å²) < 4.78 is 2.17. The van der Waals surface area contributed by atoms with Crippen molar-refractivity contribution in [1.29, 1.82) is 0 Å². The zero-order chi connectivity index (χ0) is 13.0. The summed E-state index contributed by atoms with van der Waals surface area (Å²) in [7, 11) is 0. The summed E-state index contributed by atoms with van der Waals surface area (Å²) in [6.07, 6.45) is 2.12. The highest BCUT2D eigenvalue weighted by molar-refractivity contribution is 9.13. The molecule has 0 aromatic carbocycles. The van der Waals surface area contributed by atoms with Gasteiger partial charge in [-0.1, -0.05) is 18.3 Å². The second-order valence-corrected chi connectivity index (χ2v) is 8.02. The first-order valence-electron chi connectivity index (χ1n) is 5.69. The zero-order valence-corrected chi connectivity index (χ0v) is 14.7. The summed E-state index contributed by atoms with van der Waals surface area (Å²) in [5, 5.41) is 13.9. The summed E-state index contributed by atoms with van der Waals surface area (Å²) in [5.74, 6) is 0. The molecule has 0 radical (unpaired) electrons. The Balaban J connectivity index is 1.97. The van der Waals surface area contributed by atoms with Gasteiger partial charge in [0.2, 0.25) is 0 Å². The summed E-state index contributed by atoms with van der Waals surface area (Å²) in [4.78, 5) is 1.15. The van der Waals surface area contributed by atoms with Crippen LogP contribution in [0.5, 0.6) is 0 Å².